The van der Waals surface area contributed by atoms with Crippen molar-refractivity contribution in [3.8, 4) is 5.75 Å². The van der Waals surface area contributed by atoms with Crippen LogP contribution in [0.15, 0.2) is 24.3 Å². The summed E-state index contributed by atoms with van der Waals surface area (Å²) in [5, 5.41) is 0. The normalized spacial score (nSPS) is 20.4. The first kappa shape index (κ1) is 18.9. The SMILES string of the molecule is CCOc1ccccc1N1C(=O)C(=O)N(CC(=O)N2CCCC[C@@H]2C)C1=O. The number of hydrogen-bond donors (Lipinski definition) is 0. The van der Waals surface area contributed by atoms with Crippen LogP contribution < -0.4 is 9.64 Å². The second kappa shape index (κ2) is 7.77. The Morgan fingerprint density at radius 2 is 1.89 bits per heavy atom. The summed E-state index contributed by atoms with van der Waals surface area (Å²) < 4.78 is 5.46. The maximum absolute atomic E-state index is 12.8. The first-order valence-corrected chi connectivity index (χ1v) is 9.17. The number of anilines is 1. The minimum absolute atomic E-state index is 0.0598. The number of carbonyl (C=O) groups excluding carboxylic acids is 4. The maximum Gasteiger partial charge on any atom is 0.339 e. The number of hydrogen-bond acceptors (Lipinski definition) is 5. The Balaban J connectivity index is 1.81. The summed E-state index contributed by atoms with van der Waals surface area (Å²) in [6.07, 6.45) is 2.83. The van der Waals surface area contributed by atoms with Crippen LogP contribution in [0.2, 0.25) is 0 Å². The highest BCUT2D eigenvalue weighted by Crippen LogP contribution is 2.31. The second-order valence-electron chi connectivity index (χ2n) is 6.65. The Morgan fingerprint density at radius 1 is 1.15 bits per heavy atom. The summed E-state index contributed by atoms with van der Waals surface area (Å²) in [7, 11) is 0. The lowest BCUT2D eigenvalue weighted by molar-refractivity contribution is -0.143. The summed E-state index contributed by atoms with van der Waals surface area (Å²) in [5.41, 5.74) is 0.198. The Bertz CT molecular complexity index is 778. The molecule has 2 saturated heterocycles. The van der Waals surface area contributed by atoms with Gasteiger partial charge in [-0.3, -0.25) is 14.4 Å². The van der Waals surface area contributed by atoms with E-state index in [9.17, 15) is 19.2 Å². The molecule has 2 fully saturated rings. The van der Waals surface area contributed by atoms with Gasteiger partial charge in [-0.05, 0) is 45.2 Å². The summed E-state index contributed by atoms with van der Waals surface area (Å²) in [4.78, 5) is 53.3. The van der Waals surface area contributed by atoms with Crippen molar-refractivity contribution in [2.75, 3.05) is 24.6 Å². The van der Waals surface area contributed by atoms with Crippen molar-refractivity contribution in [2.45, 2.75) is 39.2 Å². The first-order valence-electron chi connectivity index (χ1n) is 9.17. The molecule has 2 aliphatic rings. The number of amides is 5. The van der Waals surface area contributed by atoms with E-state index in [-0.39, 0.29) is 17.6 Å². The van der Waals surface area contributed by atoms with Gasteiger partial charge in [0.15, 0.2) is 0 Å². The highest BCUT2D eigenvalue weighted by atomic mass is 16.5. The van der Waals surface area contributed by atoms with E-state index in [0.29, 0.717) is 23.8 Å². The molecule has 0 radical (unpaired) electrons. The van der Waals surface area contributed by atoms with Gasteiger partial charge in [-0.15, -0.1) is 0 Å². The third kappa shape index (κ3) is 3.51. The van der Waals surface area contributed by atoms with Crippen LogP contribution in [0.1, 0.15) is 33.1 Å². The predicted molar refractivity (Wildman–Crippen MR) is 97.2 cm³/mol. The number of ether oxygens (including phenoxy) is 1. The molecule has 8 nitrogen and oxygen atoms in total. The Morgan fingerprint density at radius 3 is 2.59 bits per heavy atom. The van der Waals surface area contributed by atoms with Gasteiger partial charge in [-0.25, -0.2) is 14.6 Å². The van der Waals surface area contributed by atoms with Crippen molar-refractivity contribution < 1.29 is 23.9 Å². The molecular formula is C19H23N3O5. The summed E-state index contributed by atoms with van der Waals surface area (Å²) in [5.74, 6) is -1.97. The van der Waals surface area contributed by atoms with Crippen LogP contribution in [-0.4, -0.2) is 59.3 Å². The van der Waals surface area contributed by atoms with E-state index in [1.54, 1.807) is 30.0 Å². The quantitative estimate of drug-likeness (QED) is 0.580. The standard InChI is InChI=1S/C19H23N3O5/c1-3-27-15-10-5-4-9-14(15)22-18(25)17(24)21(19(22)26)12-16(23)20-11-7-6-8-13(20)2/h4-5,9-10,13H,3,6-8,11-12H2,1-2H3/t13-/m0/s1. The van der Waals surface area contributed by atoms with Crippen molar-refractivity contribution in [1.29, 1.82) is 0 Å². The van der Waals surface area contributed by atoms with Gasteiger partial charge in [0.05, 0.1) is 12.3 Å². The fraction of sp³-hybridized carbons (Fsp3) is 0.474. The van der Waals surface area contributed by atoms with Crippen LogP contribution >= 0.6 is 0 Å². The molecule has 0 aliphatic carbocycles. The lowest BCUT2D eigenvalue weighted by Gasteiger charge is -2.34. The largest absolute Gasteiger partial charge is 0.492 e. The molecule has 2 aliphatic heterocycles. The van der Waals surface area contributed by atoms with Crippen LogP contribution in [0.4, 0.5) is 10.5 Å². The maximum atomic E-state index is 12.8. The van der Waals surface area contributed by atoms with Gasteiger partial charge in [0.25, 0.3) is 0 Å². The van der Waals surface area contributed by atoms with E-state index in [0.717, 1.165) is 24.2 Å². The number of carbonyl (C=O) groups is 4. The topological polar surface area (TPSA) is 87.2 Å². The minimum Gasteiger partial charge on any atom is -0.492 e. The monoisotopic (exact) mass is 373 g/mol. The van der Waals surface area contributed by atoms with Crippen molar-refractivity contribution in [1.82, 2.24) is 9.80 Å². The predicted octanol–water partition coefficient (Wildman–Crippen LogP) is 1.78. The molecule has 144 valence electrons. The molecule has 0 spiro atoms. The second-order valence-corrected chi connectivity index (χ2v) is 6.65. The molecule has 5 amide bonds. The van der Waals surface area contributed by atoms with E-state index in [1.807, 2.05) is 6.92 Å². The number of rotatable bonds is 5. The summed E-state index contributed by atoms with van der Waals surface area (Å²) in [6.45, 7) is 4.24. The van der Waals surface area contributed by atoms with Crippen molar-refractivity contribution >= 4 is 29.4 Å². The van der Waals surface area contributed by atoms with Gasteiger partial charge in [0.2, 0.25) is 5.91 Å². The summed E-state index contributed by atoms with van der Waals surface area (Å²) >= 11 is 0. The number of imide groups is 2. The fourth-order valence-electron chi connectivity index (χ4n) is 3.47. The molecule has 2 heterocycles. The number of para-hydroxylation sites is 2. The average Bonchev–Trinajstić information content (AvgIpc) is 2.86. The van der Waals surface area contributed by atoms with Gasteiger partial charge < -0.3 is 9.64 Å². The third-order valence-electron chi connectivity index (χ3n) is 4.88. The van der Waals surface area contributed by atoms with E-state index in [4.69, 9.17) is 4.74 Å². The molecule has 0 saturated carbocycles. The van der Waals surface area contributed by atoms with Gasteiger partial charge in [0, 0.05) is 12.6 Å². The molecule has 0 unspecified atom stereocenters. The van der Waals surface area contributed by atoms with Crippen LogP contribution in [0.25, 0.3) is 0 Å². The molecule has 1 aromatic rings. The summed E-state index contributed by atoms with van der Waals surface area (Å²) in [6, 6.07) is 5.74. The number of urea groups is 1. The molecule has 0 bridgehead atoms. The molecule has 8 heteroatoms. The molecule has 27 heavy (non-hydrogen) atoms. The third-order valence-corrected chi connectivity index (χ3v) is 4.88. The lowest BCUT2D eigenvalue weighted by atomic mass is 10.0. The van der Waals surface area contributed by atoms with Crippen LogP contribution in [0, 0.1) is 0 Å². The molecule has 3 rings (SSSR count). The molecule has 0 N–H and O–H groups in total. The van der Waals surface area contributed by atoms with Crippen LogP contribution in [0.3, 0.4) is 0 Å². The zero-order valence-electron chi connectivity index (χ0n) is 15.5. The van der Waals surface area contributed by atoms with Crippen LogP contribution in [-0.2, 0) is 14.4 Å². The van der Waals surface area contributed by atoms with Crippen molar-refractivity contribution in [3.63, 3.8) is 0 Å². The fourth-order valence-corrected chi connectivity index (χ4v) is 3.47. The molecular weight excluding hydrogens is 350 g/mol. The zero-order valence-corrected chi connectivity index (χ0v) is 15.5. The van der Waals surface area contributed by atoms with E-state index < -0.39 is 24.4 Å². The van der Waals surface area contributed by atoms with Gasteiger partial charge in [-0.2, -0.15) is 0 Å². The number of likely N-dealkylation sites (tertiary alicyclic amines) is 1. The average molecular weight is 373 g/mol. The number of nitrogens with zero attached hydrogens (tertiary/aromatic N) is 3. The Kier molecular flexibility index (Phi) is 5.43. The smallest absolute Gasteiger partial charge is 0.339 e. The molecule has 0 aromatic heterocycles. The van der Waals surface area contributed by atoms with Crippen molar-refractivity contribution in [2.24, 2.45) is 0 Å². The Labute approximate surface area is 157 Å². The van der Waals surface area contributed by atoms with Crippen molar-refractivity contribution in [3.05, 3.63) is 24.3 Å². The van der Waals surface area contributed by atoms with Gasteiger partial charge >= 0.3 is 17.8 Å². The highest BCUT2D eigenvalue weighted by Gasteiger charge is 2.47. The van der Waals surface area contributed by atoms with Gasteiger partial charge in [-0.1, -0.05) is 12.1 Å². The molecule has 1 atom stereocenters. The van der Waals surface area contributed by atoms with Crippen LogP contribution in [0.5, 0.6) is 5.75 Å². The van der Waals surface area contributed by atoms with E-state index >= 15 is 0 Å². The number of piperidine rings is 1. The first-order chi connectivity index (χ1) is 13.0. The van der Waals surface area contributed by atoms with E-state index in [2.05, 4.69) is 0 Å². The van der Waals surface area contributed by atoms with E-state index in [1.165, 1.54) is 6.07 Å². The lowest BCUT2D eigenvalue weighted by Crippen LogP contribution is -2.48. The van der Waals surface area contributed by atoms with Gasteiger partial charge in [0.1, 0.15) is 12.3 Å². The minimum atomic E-state index is -0.996. The highest BCUT2D eigenvalue weighted by molar-refractivity contribution is 6.53. The Hall–Kier alpha value is -2.90. The zero-order chi connectivity index (χ0) is 19.6. The number of benzene rings is 1. The molecule has 1 aromatic carbocycles.